The molecular weight excluding hydrogens is 334 g/mol. The first-order valence-electron chi connectivity index (χ1n) is 7.07. The van der Waals surface area contributed by atoms with Crippen LogP contribution in [-0.4, -0.2) is 16.6 Å². The number of hydrogen-bond acceptors (Lipinski definition) is 2. The van der Waals surface area contributed by atoms with Gasteiger partial charge in [0.15, 0.2) is 0 Å². The Hall–Kier alpha value is -1.55. The molecule has 21 heavy (non-hydrogen) atoms. The van der Waals surface area contributed by atoms with E-state index in [1.165, 1.54) is 29.2 Å². The van der Waals surface area contributed by atoms with Crippen molar-refractivity contribution >= 4 is 36.6 Å². The summed E-state index contributed by atoms with van der Waals surface area (Å²) < 4.78 is 9.51. The maximum absolute atomic E-state index is 6.54. The monoisotopic (exact) mass is 344 g/mol. The Balaban J connectivity index is 1.85. The van der Waals surface area contributed by atoms with E-state index in [2.05, 4.69) is 66.7 Å². The molecule has 2 heterocycles. The Morgan fingerprint density at radius 1 is 0.714 bits per heavy atom. The fourth-order valence-electron chi connectivity index (χ4n) is 3.24. The first-order chi connectivity index (χ1) is 10.4. The van der Waals surface area contributed by atoms with Crippen molar-refractivity contribution in [3.05, 3.63) is 66.7 Å². The van der Waals surface area contributed by atoms with Crippen LogP contribution in [0, 0.1) is 0 Å². The fraction of sp³-hybridized carbons (Fsp3) is 0. The molecule has 0 unspecified atom stereocenters. The van der Waals surface area contributed by atoms with Gasteiger partial charge in [0.25, 0.3) is 0 Å². The summed E-state index contributed by atoms with van der Waals surface area (Å²) in [4.78, 5) is 2.78. The molecule has 2 aliphatic heterocycles. The quantitative estimate of drug-likeness (QED) is 0.578. The predicted molar refractivity (Wildman–Crippen MR) is 88.1 cm³/mol. The second-order valence-corrected chi connectivity index (χ2v) is 11.0. The number of fused-ring (bicyclic) bond motifs is 4. The van der Waals surface area contributed by atoms with Crippen molar-refractivity contribution in [1.29, 1.82) is 0 Å². The van der Waals surface area contributed by atoms with E-state index in [1.807, 2.05) is 11.8 Å². The normalized spacial score (nSPS) is 13.8. The van der Waals surface area contributed by atoms with Gasteiger partial charge in [-0.05, 0) is 0 Å². The van der Waals surface area contributed by atoms with Crippen molar-refractivity contribution in [2.24, 2.45) is 0 Å². The molecule has 2 aliphatic rings. The number of rotatable bonds is 0. The molecule has 3 aromatic carbocycles. The van der Waals surface area contributed by atoms with Crippen LogP contribution in [0.5, 0.6) is 5.75 Å². The molecule has 1 nitrogen and oxygen atoms in total. The van der Waals surface area contributed by atoms with Gasteiger partial charge in [-0.25, -0.2) is 0 Å². The van der Waals surface area contributed by atoms with Crippen molar-refractivity contribution in [2.75, 3.05) is 0 Å². The van der Waals surface area contributed by atoms with Crippen molar-refractivity contribution in [3.63, 3.8) is 0 Å². The summed E-state index contributed by atoms with van der Waals surface area (Å²) in [6, 6.07) is 23.9. The van der Waals surface area contributed by atoms with Crippen LogP contribution in [-0.2, 0) is 0 Å². The van der Waals surface area contributed by atoms with Gasteiger partial charge in [-0.15, -0.1) is 0 Å². The zero-order valence-electron chi connectivity index (χ0n) is 11.2. The Morgan fingerprint density at radius 3 is 2.48 bits per heavy atom. The van der Waals surface area contributed by atoms with Crippen LogP contribution >= 0.6 is 11.8 Å². The van der Waals surface area contributed by atoms with E-state index in [1.54, 1.807) is 0 Å². The molecule has 98 valence electrons. The zero-order chi connectivity index (χ0) is 13.8. The van der Waals surface area contributed by atoms with Gasteiger partial charge in [0.2, 0.25) is 0 Å². The summed E-state index contributed by atoms with van der Waals surface area (Å²) in [6.45, 7) is 0. The standard InChI is InChI=1S/C18H12OS.Ga/c19-18-12-5-4-11-17(18)14-7-6-10-16(13-14)20-15-8-2-1-3-9-15;/h1-8,10-12,19H;/q;+1/p-1. The van der Waals surface area contributed by atoms with Crippen LogP contribution in [0.25, 0.3) is 11.1 Å². The molecule has 0 spiro atoms. The van der Waals surface area contributed by atoms with E-state index in [-0.39, 0.29) is 0 Å². The van der Waals surface area contributed by atoms with Crippen LogP contribution in [0.3, 0.4) is 0 Å². The van der Waals surface area contributed by atoms with Gasteiger partial charge in [-0.2, -0.15) is 0 Å². The van der Waals surface area contributed by atoms with Crippen molar-refractivity contribution in [3.8, 4) is 16.9 Å². The number of hydrogen-bond donors (Lipinski definition) is 0. The predicted octanol–water partition coefficient (Wildman–Crippen LogP) is 3.32. The van der Waals surface area contributed by atoms with Gasteiger partial charge < -0.3 is 0 Å². The average Bonchev–Trinajstić information content (AvgIpc) is 2.55. The molecule has 0 fully saturated rings. The number of benzene rings is 3. The van der Waals surface area contributed by atoms with Crippen molar-refractivity contribution < 1.29 is 3.53 Å². The molecule has 0 N–H and O–H groups in total. The van der Waals surface area contributed by atoms with Gasteiger partial charge in [-0.3, -0.25) is 0 Å². The van der Waals surface area contributed by atoms with Gasteiger partial charge in [0.05, 0.1) is 0 Å². The van der Waals surface area contributed by atoms with Crippen molar-refractivity contribution in [2.45, 2.75) is 9.79 Å². The van der Waals surface area contributed by atoms with E-state index in [9.17, 15) is 0 Å². The van der Waals surface area contributed by atoms with Gasteiger partial charge in [0.1, 0.15) is 0 Å². The first-order valence-corrected chi connectivity index (χ1v) is 11.3. The minimum atomic E-state index is -2.18. The molecule has 0 saturated carbocycles. The second kappa shape index (κ2) is 4.47. The molecule has 0 bridgehead atoms. The summed E-state index contributed by atoms with van der Waals surface area (Å²) in [5.41, 5.74) is 2.64. The van der Waals surface area contributed by atoms with Crippen LogP contribution < -0.4 is 11.8 Å². The van der Waals surface area contributed by atoms with Crippen LogP contribution in [0.2, 0.25) is 0 Å². The van der Waals surface area contributed by atoms with Gasteiger partial charge >= 0.3 is 134 Å². The van der Waals surface area contributed by atoms with Gasteiger partial charge in [-0.1, -0.05) is 0 Å². The van der Waals surface area contributed by atoms with Crippen LogP contribution in [0.4, 0.5) is 0 Å². The van der Waals surface area contributed by atoms with Crippen LogP contribution in [0.15, 0.2) is 76.5 Å². The van der Waals surface area contributed by atoms with Crippen molar-refractivity contribution in [1.82, 2.24) is 0 Å². The molecule has 0 amide bonds. The maximum atomic E-state index is 6.54. The Kier molecular flexibility index (Phi) is 2.56. The molecule has 0 atom stereocenters. The molecule has 3 heteroatoms. The third kappa shape index (κ3) is 1.68. The fourth-order valence-corrected chi connectivity index (χ4v) is 11.4. The Labute approximate surface area is 133 Å². The third-order valence-corrected chi connectivity index (χ3v) is 11.9. The van der Waals surface area contributed by atoms with E-state index >= 15 is 0 Å². The van der Waals surface area contributed by atoms with E-state index in [0.717, 1.165) is 5.75 Å². The first kappa shape index (κ1) is 12.0. The molecule has 0 saturated heterocycles. The second-order valence-electron chi connectivity index (χ2n) is 5.35. The van der Waals surface area contributed by atoms with E-state index in [4.69, 9.17) is 3.53 Å². The zero-order valence-corrected chi connectivity index (χ0v) is 14.5. The molecule has 0 aliphatic carbocycles. The Bertz CT molecular complexity index is 875. The summed E-state index contributed by atoms with van der Waals surface area (Å²) in [5, 5.41) is 0. The van der Waals surface area contributed by atoms with E-state index < -0.39 is 16.6 Å². The third-order valence-electron chi connectivity index (χ3n) is 4.17. The van der Waals surface area contributed by atoms with E-state index in [0.29, 0.717) is 0 Å². The van der Waals surface area contributed by atoms with Gasteiger partial charge in [0, 0.05) is 0 Å². The SMILES string of the molecule is c1ccc2c(c1)[O][Ga]1[c]3ccccc3Sc3cccc-2[c]31. The Morgan fingerprint density at radius 2 is 1.48 bits per heavy atom. The molecule has 0 aromatic heterocycles. The number of para-hydroxylation sites is 1. The topological polar surface area (TPSA) is 9.23 Å². The summed E-state index contributed by atoms with van der Waals surface area (Å²) in [5.74, 6) is 1.06. The molecular formula is C18H11GaOS. The summed E-state index contributed by atoms with van der Waals surface area (Å²) in [6.07, 6.45) is 0. The van der Waals surface area contributed by atoms with Crippen LogP contribution in [0.1, 0.15) is 0 Å². The average molecular weight is 345 g/mol. The molecule has 3 aromatic rings. The minimum absolute atomic E-state index is 1.06. The molecule has 0 radical (unpaired) electrons. The molecule has 5 rings (SSSR count). The summed E-state index contributed by atoms with van der Waals surface area (Å²) >= 11 is -0.290. The summed E-state index contributed by atoms with van der Waals surface area (Å²) in [7, 11) is 0.